The third-order valence-corrected chi connectivity index (χ3v) is 4.87. The monoisotopic (exact) mass is 376 g/mol. The molecule has 6 heteroatoms. The van der Waals surface area contributed by atoms with Gasteiger partial charge >= 0.3 is 0 Å². The lowest BCUT2D eigenvalue weighted by Crippen LogP contribution is -2.39. The van der Waals surface area contributed by atoms with E-state index in [1.54, 1.807) is 16.7 Å². The molecule has 0 radical (unpaired) electrons. The van der Waals surface area contributed by atoms with Crippen molar-refractivity contribution in [1.82, 2.24) is 15.2 Å². The van der Waals surface area contributed by atoms with Crippen LogP contribution in [-0.2, 0) is 11.3 Å². The van der Waals surface area contributed by atoms with Gasteiger partial charge < -0.3 is 19.9 Å². The maximum atomic E-state index is 11.7. The van der Waals surface area contributed by atoms with Gasteiger partial charge in [-0.1, -0.05) is 31.7 Å². The summed E-state index contributed by atoms with van der Waals surface area (Å²) >= 11 is 0. The molecule has 0 atom stereocenters. The molecule has 1 aromatic heterocycles. The third kappa shape index (κ3) is 9.09. The lowest BCUT2D eigenvalue weighted by molar-refractivity contribution is 0.0468. The predicted octanol–water partition coefficient (Wildman–Crippen LogP) is 2.92. The molecule has 152 valence electrons. The number of nitrogens with zero attached hydrogens (tertiary/aromatic N) is 2. The normalized spacial score (nSPS) is 16.1. The van der Waals surface area contributed by atoms with E-state index in [9.17, 15) is 4.79 Å². The standard InChI is InChI=1S/C21H36N4O2/c1-2-22-21(24-15-18-27-19-11-5-3-4-6-12-19)23-14-8-10-17-25-16-9-7-13-20(25)26/h7,9,13,16,19H,2-6,8,10-12,14-15,17-18H2,1H3,(H2,22,23,24). The van der Waals surface area contributed by atoms with E-state index in [0.29, 0.717) is 6.10 Å². The Kier molecular flexibility index (Phi) is 10.6. The molecule has 2 rings (SSSR count). The first-order valence-corrected chi connectivity index (χ1v) is 10.6. The van der Waals surface area contributed by atoms with Gasteiger partial charge in [0.05, 0.1) is 12.7 Å². The molecule has 2 N–H and O–H groups in total. The van der Waals surface area contributed by atoms with Crippen LogP contribution >= 0.6 is 0 Å². The number of nitrogens with one attached hydrogen (secondary N) is 2. The topological polar surface area (TPSA) is 67.7 Å². The summed E-state index contributed by atoms with van der Waals surface area (Å²) < 4.78 is 7.77. The number of aromatic nitrogens is 1. The van der Waals surface area contributed by atoms with E-state index >= 15 is 0 Å². The molecule has 27 heavy (non-hydrogen) atoms. The first-order chi connectivity index (χ1) is 13.3. The van der Waals surface area contributed by atoms with Crippen molar-refractivity contribution in [3.8, 4) is 0 Å². The highest BCUT2D eigenvalue weighted by molar-refractivity contribution is 5.79. The fourth-order valence-electron chi connectivity index (χ4n) is 3.38. The van der Waals surface area contributed by atoms with Crippen LogP contribution in [0.15, 0.2) is 34.2 Å². The lowest BCUT2D eigenvalue weighted by atomic mass is 10.1. The van der Waals surface area contributed by atoms with Crippen LogP contribution in [0.5, 0.6) is 0 Å². The van der Waals surface area contributed by atoms with Crippen LogP contribution in [0.2, 0.25) is 0 Å². The Bertz CT molecular complexity index is 592. The molecule has 0 unspecified atom stereocenters. The van der Waals surface area contributed by atoms with Crippen molar-refractivity contribution < 1.29 is 4.74 Å². The quantitative estimate of drug-likeness (QED) is 0.285. The first-order valence-electron chi connectivity index (χ1n) is 10.6. The second-order valence-corrected chi connectivity index (χ2v) is 7.11. The van der Waals surface area contributed by atoms with E-state index in [4.69, 9.17) is 4.74 Å². The fourth-order valence-corrected chi connectivity index (χ4v) is 3.38. The van der Waals surface area contributed by atoms with Crippen molar-refractivity contribution in [3.05, 3.63) is 34.7 Å². The predicted molar refractivity (Wildman–Crippen MR) is 111 cm³/mol. The van der Waals surface area contributed by atoms with Gasteiger partial charge in [-0.15, -0.1) is 0 Å². The highest BCUT2D eigenvalue weighted by atomic mass is 16.5. The van der Waals surface area contributed by atoms with Gasteiger partial charge in [0.2, 0.25) is 5.56 Å². The van der Waals surface area contributed by atoms with E-state index in [-0.39, 0.29) is 5.56 Å². The number of ether oxygens (including phenoxy) is 1. The van der Waals surface area contributed by atoms with Gasteiger partial charge in [0.25, 0.3) is 0 Å². The number of pyridine rings is 1. The Morgan fingerprint density at radius 3 is 2.74 bits per heavy atom. The van der Waals surface area contributed by atoms with Crippen LogP contribution in [0.3, 0.4) is 0 Å². The van der Waals surface area contributed by atoms with Crippen LogP contribution in [0.1, 0.15) is 58.3 Å². The second-order valence-electron chi connectivity index (χ2n) is 7.11. The summed E-state index contributed by atoms with van der Waals surface area (Å²) in [5, 5.41) is 6.63. The summed E-state index contributed by atoms with van der Waals surface area (Å²) in [6.07, 6.45) is 11.9. The van der Waals surface area contributed by atoms with Crippen LogP contribution in [0.4, 0.5) is 0 Å². The average Bonchev–Trinajstić information content (AvgIpc) is 2.95. The molecule has 1 saturated carbocycles. The van der Waals surface area contributed by atoms with Crippen molar-refractivity contribution in [2.75, 3.05) is 26.2 Å². The largest absolute Gasteiger partial charge is 0.376 e. The number of rotatable bonds is 10. The molecule has 1 fully saturated rings. The molecule has 1 aliphatic rings. The van der Waals surface area contributed by atoms with E-state index in [1.807, 2.05) is 12.3 Å². The lowest BCUT2D eigenvalue weighted by Gasteiger charge is -2.16. The number of aliphatic imine (C=N–C) groups is 1. The minimum atomic E-state index is 0.0599. The smallest absolute Gasteiger partial charge is 0.250 e. The molecule has 0 aromatic carbocycles. The molecule has 0 saturated heterocycles. The van der Waals surface area contributed by atoms with Gasteiger partial charge in [-0.2, -0.15) is 0 Å². The highest BCUT2D eigenvalue weighted by Gasteiger charge is 2.12. The minimum absolute atomic E-state index is 0.0599. The van der Waals surface area contributed by atoms with Crippen molar-refractivity contribution in [3.63, 3.8) is 0 Å². The van der Waals surface area contributed by atoms with E-state index in [0.717, 1.165) is 51.6 Å². The van der Waals surface area contributed by atoms with E-state index in [1.165, 1.54) is 38.5 Å². The maximum absolute atomic E-state index is 11.7. The molecule has 0 amide bonds. The Hall–Kier alpha value is -1.82. The summed E-state index contributed by atoms with van der Waals surface area (Å²) in [5.41, 5.74) is 0.0599. The van der Waals surface area contributed by atoms with Gasteiger partial charge in [-0.05, 0) is 38.7 Å². The zero-order chi connectivity index (χ0) is 19.2. The molecular weight excluding hydrogens is 340 g/mol. The van der Waals surface area contributed by atoms with Crippen molar-refractivity contribution >= 4 is 5.96 Å². The number of aryl methyl sites for hydroxylation is 1. The Balaban J connectivity index is 1.61. The number of hydrogen-bond acceptors (Lipinski definition) is 3. The van der Waals surface area contributed by atoms with Crippen LogP contribution in [-0.4, -0.2) is 42.9 Å². The Morgan fingerprint density at radius 2 is 2.00 bits per heavy atom. The van der Waals surface area contributed by atoms with Gasteiger partial charge in [-0.3, -0.25) is 9.79 Å². The van der Waals surface area contributed by atoms with Gasteiger partial charge in [0, 0.05) is 38.4 Å². The van der Waals surface area contributed by atoms with Gasteiger partial charge in [0.15, 0.2) is 5.96 Å². The van der Waals surface area contributed by atoms with E-state index < -0.39 is 0 Å². The Morgan fingerprint density at radius 1 is 1.19 bits per heavy atom. The molecule has 0 aliphatic heterocycles. The van der Waals surface area contributed by atoms with Crippen LogP contribution in [0.25, 0.3) is 0 Å². The fraction of sp³-hybridized carbons (Fsp3) is 0.714. The summed E-state index contributed by atoms with van der Waals surface area (Å²) in [6, 6.07) is 5.27. The highest BCUT2D eigenvalue weighted by Crippen LogP contribution is 2.19. The average molecular weight is 377 g/mol. The van der Waals surface area contributed by atoms with E-state index in [2.05, 4.69) is 22.5 Å². The molecule has 0 bridgehead atoms. The van der Waals surface area contributed by atoms with Crippen LogP contribution in [0, 0.1) is 0 Å². The summed E-state index contributed by atoms with van der Waals surface area (Å²) in [7, 11) is 0. The van der Waals surface area contributed by atoms with Crippen molar-refractivity contribution in [1.29, 1.82) is 0 Å². The summed E-state index contributed by atoms with van der Waals surface area (Å²) in [5.74, 6) is 0.846. The summed E-state index contributed by atoms with van der Waals surface area (Å²) in [6.45, 7) is 5.91. The molecule has 1 aliphatic carbocycles. The number of guanidine groups is 1. The zero-order valence-corrected chi connectivity index (χ0v) is 16.8. The maximum Gasteiger partial charge on any atom is 0.250 e. The first kappa shape index (κ1) is 21.5. The molecule has 1 heterocycles. The Labute approximate surface area is 163 Å². The second kappa shape index (κ2) is 13.4. The summed E-state index contributed by atoms with van der Waals surface area (Å²) in [4.78, 5) is 16.3. The van der Waals surface area contributed by atoms with Crippen molar-refractivity contribution in [2.45, 2.75) is 70.9 Å². The third-order valence-electron chi connectivity index (χ3n) is 4.87. The van der Waals surface area contributed by atoms with Crippen molar-refractivity contribution in [2.24, 2.45) is 4.99 Å². The molecule has 1 aromatic rings. The SMILES string of the molecule is CCNC(=NCCCCn1ccccc1=O)NCCOC1CCCCCC1. The van der Waals surface area contributed by atoms with Gasteiger partial charge in [-0.25, -0.2) is 0 Å². The van der Waals surface area contributed by atoms with Gasteiger partial charge in [0.1, 0.15) is 0 Å². The number of hydrogen-bond donors (Lipinski definition) is 2. The minimum Gasteiger partial charge on any atom is -0.376 e. The molecule has 0 spiro atoms. The molecule has 6 nitrogen and oxygen atoms in total. The zero-order valence-electron chi connectivity index (χ0n) is 16.8. The molecular formula is C21H36N4O2. The number of unbranched alkanes of at least 4 members (excludes halogenated alkanes) is 1. The van der Waals surface area contributed by atoms with Crippen LogP contribution < -0.4 is 16.2 Å².